The number of aryl methyl sites for hydroxylation is 1. The molecule has 1 aromatic carbocycles. The third kappa shape index (κ3) is 4.53. The van der Waals surface area contributed by atoms with Gasteiger partial charge < -0.3 is 10.2 Å². The van der Waals surface area contributed by atoms with E-state index in [1.165, 1.54) is 17.4 Å². The third-order valence-corrected chi connectivity index (χ3v) is 4.11. The summed E-state index contributed by atoms with van der Waals surface area (Å²) in [6, 6.07) is 5.06. The molecule has 1 aromatic heterocycles. The maximum absolute atomic E-state index is 14.0. The number of rotatable bonds is 7. The molecule has 0 aliphatic heterocycles. The molecular weight excluding hydrogens is 301 g/mol. The molecule has 4 nitrogen and oxygen atoms in total. The van der Waals surface area contributed by atoms with E-state index >= 15 is 0 Å². The summed E-state index contributed by atoms with van der Waals surface area (Å²) in [6.45, 7) is 3.04. The number of amides is 1. The van der Waals surface area contributed by atoms with Crippen LogP contribution in [0.4, 0.5) is 10.1 Å². The minimum atomic E-state index is -0.265. The van der Waals surface area contributed by atoms with Crippen LogP contribution in [-0.4, -0.2) is 24.5 Å². The zero-order chi connectivity index (χ0) is 15.9. The van der Waals surface area contributed by atoms with Gasteiger partial charge in [-0.1, -0.05) is 6.07 Å². The molecule has 0 spiro atoms. The Morgan fingerprint density at radius 2 is 2.27 bits per heavy atom. The first-order chi connectivity index (χ1) is 10.6. The number of thiazole rings is 1. The summed E-state index contributed by atoms with van der Waals surface area (Å²) in [5.74, 6) is -0.318. The van der Waals surface area contributed by atoms with Crippen LogP contribution in [0, 0.1) is 5.82 Å². The van der Waals surface area contributed by atoms with Gasteiger partial charge >= 0.3 is 0 Å². The zero-order valence-corrected chi connectivity index (χ0v) is 13.6. The molecule has 0 aliphatic rings. The number of hydrogen-bond acceptors (Lipinski definition) is 4. The Labute approximate surface area is 134 Å². The van der Waals surface area contributed by atoms with Crippen molar-refractivity contribution in [1.29, 1.82) is 0 Å². The quantitative estimate of drug-likeness (QED) is 0.853. The monoisotopic (exact) mass is 321 g/mol. The molecule has 22 heavy (non-hydrogen) atoms. The zero-order valence-electron chi connectivity index (χ0n) is 12.8. The second kappa shape index (κ2) is 7.89. The Kier molecular flexibility index (Phi) is 5.89. The van der Waals surface area contributed by atoms with Gasteiger partial charge in [-0.2, -0.15) is 0 Å². The van der Waals surface area contributed by atoms with Gasteiger partial charge in [0, 0.05) is 31.9 Å². The Morgan fingerprint density at radius 1 is 1.45 bits per heavy atom. The molecule has 0 saturated heterocycles. The van der Waals surface area contributed by atoms with E-state index in [1.807, 2.05) is 30.3 Å². The number of benzene rings is 1. The summed E-state index contributed by atoms with van der Waals surface area (Å²) in [5.41, 5.74) is 4.01. The average molecular weight is 321 g/mol. The molecule has 0 aliphatic carbocycles. The molecule has 2 rings (SSSR count). The van der Waals surface area contributed by atoms with Crippen LogP contribution in [0.5, 0.6) is 0 Å². The molecule has 0 radical (unpaired) electrons. The van der Waals surface area contributed by atoms with Crippen LogP contribution in [0.1, 0.15) is 24.6 Å². The Bertz CT molecular complexity index is 616. The number of aromatic nitrogens is 1. The molecule has 0 unspecified atom stereocenters. The molecule has 1 amide bonds. The van der Waals surface area contributed by atoms with Crippen molar-refractivity contribution in [3.8, 4) is 0 Å². The Balaban J connectivity index is 1.83. The van der Waals surface area contributed by atoms with Crippen molar-refractivity contribution < 1.29 is 9.18 Å². The number of nitrogens with one attached hydrogen (secondary N) is 1. The van der Waals surface area contributed by atoms with Crippen LogP contribution in [0.15, 0.2) is 29.1 Å². The molecule has 1 heterocycles. The van der Waals surface area contributed by atoms with E-state index in [4.69, 9.17) is 0 Å². The highest BCUT2D eigenvalue weighted by atomic mass is 32.1. The Morgan fingerprint density at radius 3 is 2.91 bits per heavy atom. The minimum Gasteiger partial charge on any atom is -0.373 e. The van der Waals surface area contributed by atoms with Gasteiger partial charge in [0.05, 0.1) is 16.9 Å². The van der Waals surface area contributed by atoms with E-state index in [9.17, 15) is 9.18 Å². The summed E-state index contributed by atoms with van der Waals surface area (Å²) in [7, 11) is 1.85. The molecule has 0 bridgehead atoms. The third-order valence-electron chi connectivity index (χ3n) is 3.48. The Hall–Kier alpha value is -1.95. The predicted octanol–water partition coefficient (Wildman–Crippen LogP) is 2.99. The number of anilines is 1. The van der Waals surface area contributed by atoms with Crippen molar-refractivity contribution in [2.24, 2.45) is 0 Å². The summed E-state index contributed by atoms with van der Waals surface area (Å²) < 4.78 is 14.0. The standard InChI is InChI=1S/C16H20FN3OS/c1-3-20(2)15-6-4-12(8-14(15)17)9-18-16(21)7-5-13-10-22-11-19-13/h4,6,8,10-11H,3,5,7,9H2,1-2H3,(H,18,21). The predicted molar refractivity (Wildman–Crippen MR) is 87.6 cm³/mol. The van der Waals surface area contributed by atoms with Crippen molar-refractivity contribution in [3.05, 3.63) is 46.2 Å². The van der Waals surface area contributed by atoms with Crippen LogP contribution in [0.3, 0.4) is 0 Å². The lowest BCUT2D eigenvalue weighted by Gasteiger charge is -2.18. The van der Waals surface area contributed by atoms with Gasteiger partial charge in [-0.3, -0.25) is 4.79 Å². The molecular formula is C16H20FN3OS. The number of carbonyl (C=O) groups excluding carboxylic acids is 1. The highest BCUT2D eigenvalue weighted by Gasteiger charge is 2.08. The molecule has 6 heteroatoms. The van der Waals surface area contributed by atoms with Gasteiger partial charge in [-0.05, 0) is 31.0 Å². The summed E-state index contributed by atoms with van der Waals surface area (Å²) in [4.78, 5) is 17.8. The van der Waals surface area contributed by atoms with Crippen LogP contribution in [0.25, 0.3) is 0 Å². The first-order valence-corrected chi connectivity index (χ1v) is 8.17. The SMILES string of the molecule is CCN(C)c1ccc(CNC(=O)CCc2cscn2)cc1F. The van der Waals surface area contributed by atoms with Crippen molar-refractivity contribution >= 4 is 22.9 Å². The fourth-order valence-electron chi connectivity index (χ4n) is 2.03. The highest BCUT2D eigenvalue weighted by molar-refractivity contribution is 7.07. The molecule has 2 aromatic rings. The van der Waals surface area contributed by atoms with Gasteiger partial charge in [-0.15, -0.1) is 11.3 Å². The smallest absolute Gasteiger partial charge is 0.220 e. The number of carbonyl (C=O) groups is 1. The van der Waals surface area contributed by atoms with Crippen molar-refractivity contribution in [3.63, 3.8) is 0 Å². The van der Waals surface area contributed by atoms with Gasteiger partial charge in [0.1, 0.15) is 5.82 Å². The lowest BCUT2D eigenvalue weighted by atomic mass is 10.1. The summed E-state index contributed by atoms with van der Waals surface area (Å²) in [5, 5.41) is 4.74. The van der Waals surface area contributed by atoms with E-state index in [2.05, 4.69) is 10.3 Å². The number of hydrogen-bond donors (Lipinski definition) is 1. The lowest BCUT2D eigenvalue weighted by molar-refractivity contribution is -0.121. The van der Waals surface area contributed by atoms with Gasteiger partial charge in [0.15, 0.2) is 0 Å². The van der Waals surface area contributed by atoms with E-state index in [0.717, 1.165) is 17.8 Å². The molecule has 118 valence electrons. The van der Waals surface area contributed by atoms with Crippen LogP contribution in [0.2, 0.25) is 0 Å². The topological polar surface area (TPSA) is 45.2 Å². The second-order valence-electron chi connectivity index (χ2n) is 5.06. The normalized spacial score (nSPS) is 10.5. The maximum Gasteiger partial charge on any atom is 0.220 e. The van der Waals surface area contributed by atoms with Crippen molar-refractivity contribution in [1.82, 2.24) is 10.3 Å². The van der Waals surface area contributed by atoms with Crippen LogP contribution < -0.4 is 10.2 Å². The van der Waals surface area contributed by atoms with E-state index in [-0.39, 0.29) is 11.7 Å². The molecule has 0 saturated carbocycles. The van der Waals surface area contributed by atoms with Crippen molar-refractivity contribution in [2.75, 3.05) is 18.5 Å². The van der Waals surface area contributed by atoms with Crippen molar-refractivity contribution in [2.45, 2.75) is 26.3 Å². The highest BCUT2D eigenvalue weighted by Crippen LogP contribution is 2.19. The fraction of sp³-hybridized carbons (Fsp3) is 0.375. The minimum absolute atomic E-state index is 0.0526. The van der Waals surface area contributed by atoms with E-state index in [0.29, 0.717) is 25.1 Å². The first kappa shape index (κ1) is 16.4. The first-order valence-electron chi connectivity index (χ1n) is 7.23. The number of nitrogens with zero attached hydrogens (tertiary/aromatic N) is 2. The molecule has 1 N–H and O–H groups in total. The van der Waals surface area contributed by atoms with E-state index < -0.39 is 0 Å². The largest absolute Gasteiger partial charge is 0.373 e. The van der Waals surface area contributed by atoms with E-state index in [1.54, 1.807) is 11.6 Å². The lowest BCUT2D eigenvalue weighted by Crippen LogP contribution is -2.23. The molecule has 0 fully saturated rings. The van der Waals surface area contributed by atoms with Gasteiger partial charge in [0.25, 0.3) is 0 Å². The van der Waals surface area contributed by atoms with Crippen LogP contribution in [-0.2, 0) is 17.8 Å². The summed E-state index contributed by atoms with van der Waals surface area (Å²) >= 11 is 1.52. The second-order valence-corrected chi connectivity index (χ2v) is 5.78. The molecule has 0 atom stereocenters. The van der Waals surface area contributed by atoms with Gasteiger partial charge in [0.2, 0.25) is 5.91 Å². The van der Waals surface area contributed by atoms with Crippen LogP contribution >= 0.6 is 11.3 Å². The average Bonchev–Trinajstić information content (AvgIpc) is 3.03. The fourth-order valence-corrected chi connectivity index (χ4v) is 2.62. The summed E-state index contributed by atoms with van der Waals surface area (Å²) in [6.07, 6.45) is 1.02. The van der Waals surface area contributed by atoms with Gasteiger partial charge in [-0.25, -0.2) is 9.37 Å². The maximum atomic E-state index is 14.0. The number of halogens is 1.